The summed E-state index contributed by atoms with van der Waals surface area (Å²) in [6.07, 6.45) is 1.67. The molecule has 0 atom stereocenters. The Bertz CT molecular complexity index is 1250. The molecule has 0 bridgehead atoms. The predicted octanol–water partition coefficient (Wildman–Crippen LogP) is 5.21. The summed E-state index contributed by atoms with van der Waals surface area (Å²) in [5.41, 5.74) is 1.70. The molecule has 0 saturated heterocycles. The van der Waals surface area contributed by atoms with Gasteiger partial charge in [-0.25, -0.2) is 4.79 Å². The number of anilines is 1. The van der Waals surface area contributed by atoms with Crippen LogP contribution in [0.2, 0.25) is 0 Å². The van der Waals surface area contributed by atoms with E-state index in [1.54, 1.807) is 48.7 Å². The number of furan rings is 1. The average molecular weight is 481 g/mol. The third-order valence-electron chi connectivity index (χ3n) is 4.51. The molecule has 7 nitrogen and oxygen atoms in total. The van der Waals surface area contributed by atoms with Crippen LogP contribution in [-0.4, -0.2) is 24.0 Å². The lowest BCUT2D eigenvalue weighted by molar-refractivity contribution is 0.0600. The molecular weight excluding hydrogens is 464 g/mol. The van der Waals surface area contributed by atoms with Crippen LogP contribution in [0.1, 0.15) is 26.7 Å². The molecule has 1 N–H and O–H groups in total. The summed E-state index contributed by atoms with van der Waals surface area (Å²) in [6.45, 7) is 0.133. The van der Waals surface area contributed by atoms with Crippen LogP contribution in [0.25, 0.3) is 10.9 Å². The summed E-state index contributed by atoms with van der Waals surface area (Å²) < 4.78 is 16.8. The van der Waals surface area contributed by atoms with Gasteiger partial charge in [0, 0.05) is 16.1 Å². The molecule has 0 aliphatic heterocycles. The Morgan fingerprint density at radius 1 is 1.06 bits per heavy atom. The number of aromatic nitrogens is 1. The molecule has 0 aliphatic carbocycles. The van der Waals surface area contributed by atoms with E-state index in [2.05, 4.69) is 31.0 Å². The summed E-state index contributed by atoms with van der Waals surface area (Å²) >= 11 is 3.49. The molecule has 2 aromatic heterocycles. The van der Waals surface area contributed by atoms with E-state index in [1.165, 1.54) is 7.11 Å². The van der Waals surface area contributed by atoms with Gasteiger partial charge in [0.1, 0.15) is 18.1 Å². The van der Waals surface area contributed by atoms with Crippen LogP contribution < -0.4 is 10.1 Å². The minimum Gasteiger partial charge on any atom is -0.486 e. The lowest BCUT2D eigenvalue weighted by Gasteiger charge is -2.08. The maximum Gasteiger partial charge on any atom is 0.337 e. The standard InChI is InChI=1S/C23H17BrN2O5/c1-29-23(28)14-4-6-15(7-5-14)30-13-16-8-11-20(31-16)22(27)26-19-10-9-18(24)17-3-2-12-25-21(17)19/h2-12H,13H2,1H3,(H,26,27). The van der Waals surface area contributed by atoms with Crippen molar-refractivity contribution in [2.24, 2.45) is 0 Å². The minimum absolute atomic E-state index is 0.133. The SMILES string of the molecule is COC(=O)c1ccc(OCc2ccc(C(=O)Nc3ccc(Br)c4cccnc34)o2)cc1. The van der Waals surface area contributed by atoms with E-state index >= 15 is 0 Å². The highest BCUT2D eigenvalue weighted by Gasteiger charge is 2.15. The average Bonchev–Trinajstić information content (AvgIpc) is 3.29. The second kappa shape index (κ2) is 9.01. The summed E-state index contributed by atoms with van der Waals surface area (Å²) in [6, 6.07) is 17.2. The van der Waals surface area contributed by atoms with E-state index in [-0.39, 0.29) is 18.3 Å². The number of hydrogen-bond acceptors (Lipinski definition) is 6. The maximum absolute atomic E-state index is 12.6. The van der Waals surface area contributed by atoms with Crippen LogP contribution in [0.4, 0.5) is 5.69 Å². The molecule has 0 aliphatic rings. The quantitative estimate of drug-likeness (QED) is 0.381. The fourth-order valence-corrected chi connectivity index (χ4v) is 3.41. The number of nitrogens with zero attached hydrogens (tertiary/aromatic N) is 1. The molecule has 2 heterocycles. The van der Waals surface area contributed by atoms with Gasteiger partial charge in [-0.2, -0.15) is 0 Å². The second-order valence-electron chi connectivity index (χ2n) is 6.52. The van der Waals surface area contributed by atoms with Crippen molar-refractivity contribution in [1.29, 1.82) is 0 Å². The van der Waals surface area contributed by atoms with Crippen LogP contribution in [0.5, 0.6) is 5.75 Å². The lowest BCUT2D eigenvalue weighted by atomic mass is 10.2. The Balaban J connectivity index is 1.41. The third kappa shape index (κ3) is 4.59. The first-order valence-electron chi connectivity index (χ1n) is 9.29. The zero-order chi connectivity index (χ0) is 21.8. The molecule has 4 aromatic rings. The molecule has 31 heavy (non-hydrogen) atoms. The van der Waals surface area contributed by atoms with Crippen LogP contribution in [0.3, 0.4) is 0 Å². The number of carbonyl (C=O) groups is 2. The van der Waals surface area contributed by atoms with Crippen LogP contribution >= 0.6 is 15.9 Å². The van der Waals surface area contributed by atoms with Gasteiger partial charge in [0.05, 0.1) is 23.9 Å². The molecule has 0 spiro atoms. The van der Waals surface area contributed by atoms with Crippen LogP contribution in [-0.2, 0) is 11.3 Å². The molecule has 4 rings (SSSR count). The van der Waals surface area contributed by atoms with Gasteiger partial charge in [0.15, 0.2) is 5.76 Å². The first kappa shape index (κ1) is 20.6. The first-order valence-corrected chi connectivity index (χ1v) is 10.1. The number of methoxy groups -OCH3 is 1. The summed E-state index contributed by atoms with van der Waals surface area (Å²) in [5, 5.41) is 3.73. The Morgan fingerprint density at radius 2 is 1.87 bits per heavy atom. The van der Waals surface area contributed by atoms with E-state index < -0.39 is 5.97 Å². The summed E-state index contributed by atoms with van der Waals surface area (Å²) in [7, 11) is 1.33. The van der Waals surface area contributed by atoms with Crippen molar-refractivity contribution in [3.05, 3.63) is 88.4 Å². The number of pyridine rings is 1. The number of benzene rings is 2. The van der Waals surface area contributed by atoms with Gasteiger partial charge in [0.2, 0.25) is 0 Å². The van der Waals surface area contributed by atoms with E-state index in [0.29, 0.717) is 28.3 Å². The lowest BCUT2D eigenvalue weighted by Crippen LogP contribution is -2.11. The van der Waals surface area contributed by atoms with Gasteiger partial charge in [-0.15, -0.1) is 0 Å². The fourth-order valence-electron chi connectivity index (χ4n) is 2.96. The molecular formula is C23H17BrN2O5. The van der Waals surface area contributed by atoms with Gasteiger partial charge in [0.25, 0.3) is 5.91 Å². The summed E-state index contributed by atoms with van der Waals surface area (Å²) in [5.74, 6) is 0.403. The molecule has 0 unspecified atom stereocenters. The summed E-state index contributed by atoms with van der Waals surface area (Å²) in [4.78, 5) is 28.5. The molecule has 0 radical (unpaired) electrons. The van der Waals surface area contributed by atoms with Gasteiger partial charge >= 0.3 is 5.97 Å². The number of hydrogen-bond donors (Lipinski definition) is 1. The molecule has 0 saturated carbocycles. The largest absolute Gasteiger partial charge is 0.486 e. The van der Waals surface area contributed by atoms with E-state index in [1.807, 2.05) is 18.2 Å². The van der Waals surface area contributed by atoms with Crippen LogP contribution in [0.15, 0.2) is 75.8 Å². The monoisotopic (exact) mass is 480 g/mol. The van der Waals surface area contributed by atoms with Crippen molar-refractivity contribution in [2.45, 2.75) is 6.61 Å². The predicted molar refractivity (Wildman–Crippen MR) is 118 cm³/mol. The van der Waals surface area contributed by atoms with E-state index in [4.69, 9.17) is 9.15 Å². The van der Waals surface area contributed by atoms with Crippen molar-refractivity contribution in [3.8, 4) is 5.75 Å². The highest BCUT2D eigenvalue weighted by Crippen LogP contribution is 2.28. The second-order valence-corrected chi connectivity index (χ2v) is 7.37. The van der Waals surface area contributed by atoms with Gasteiger partial charge in [-0.3, -0.25) is 9.78 Å². The minimum atomic E-state index is -0.415. The Labute approximate surface area is 186 Å². The van der Waals surface area contributed by atoms with Crippen molar-refractivity contribution in [2.75, 3.05) is 12.4 Å². The molecule has 0 fully saturated rings. The number of ether oxygens (including phenoxy) is 2. The number of fused-ring (bicyclic) bond motifs is 1. The molecule has 1 amide bonds. The number of amides is 1. The normalized spacial score (nSPS) is 10.6. The van der Waals surface area contributed by atoms with Gasteiger partial charge in [-0.1, -0.05) is 22.0 Å². The van der Waals surface area contributed by atoms with E-state index in [9.17, 15) is 9.59 Å². The van der Waals surface area contributed by atoms with Gasteiger partial charge in [-0.05, 0) is 54.6 Å². The molecule has 8 heteroatoms. The van der Waals surface area contributed by atoms with Gasteiger partial charge < -0.3 is 19.2 Å². The van der Waals surface area contributed by atoms with Crippen molar-refractivity contribution in [1.82, 2.24) is 4.98 Å². The Morgan fingerprint density at radius 3 is 2.65 bits per heavy atom. The third-order valence-corrected chi connectivity index (χ3v) is 5.20. The topological polar surface area (TPSA) is 90.7 Å². The highest BCUT2D eigenvalue weighted by molar-refractivity contribution is 9.10. The smallest absolute Gasteiger partial charge is 0.337 e. The van der Waals surface area contributed by atoms with E-state index in [0.717, 1.165) is 9.86 Å². The fraction of sp³-hybridized carbons (Fsp3) is 0.0870. The number of rotatable bonds is 6. The molecule has 156 valence electrons. The van der Waals surface area contributed by atoms with Crippen molar-refractivity contribution in [3.63, 3.8) is 0 Å². The zero-order valence-corrected chi connectivity index (χ0v) is 18.0. The number of carbonyl (C=O) groups excluding carboxylic acids is 2. The van der Waals surface area contributed by atoms with Crippen molar-refractivity contribution >= 4 is 44.4 Å². The highest BCUT2D eigenvalue weighted by atomic mass is 79.9. The Kier molecular flexibility index (Phi) is 5.99. The Hall–Kier alpha value is -3.65. The van der Waals surface area contributed by atoms with Crippen LogP contribution in [0, 0.1) is 0 Å². The maximum atomic E-state index is 12.6. The molecule has 2 aromatic carbocycles. The number of nitrogens with one attached hydrogen (secondary N) is 1. The zero-order valence-electron chi connectivity index (χ0n) is 16.4. The van der Waals surface area contributed by atoms with Crippen molar-refractivity contribution < 1.29 is 23.5 Å². The number of esters is 1. The first-order chi connectivity index (χ1) is 15.0. The number of halogens is 1.